The van der Waals surface area contributed by atoms with Crippen LogP contribution < -0.4 is 5.32 Å². The van der Waals surface area contributed by atoms with E-state index in [1.807, 2.05) is 0 Å². The first kappa shape index (κ1) is 11.4. The zero-order valence-electron chi connectivity index (χ0n) is 10.4. The standard InChI is InChI=1S/C12H15ClN6/c13-12-16-10(8-5-14-18-11(8)17-12)15-9-6-19-3-1-7(9)2-4-19/h5,7,9H,1-4,6H2,(H2,14,15,16,17,18). The first-order chi connectivity index (χ1) is 9.29. The zero-order chi connectivity index (χ0) is 12.8. The second kappa shape index (κ2) is 4.31. The molecule has 2 bridgehead atoms. The van der Waals surface area contributed by atoms with Crippen LogP contribution in [0.25, 0.3) is 11.0 Å². The van der Waals surface area contributed by atoms with Gasteiger partial charge in [-0.2, -0.15) is 15.1 Å². The van der Waals surface area contributed by atoms with Crippen molar-refractivity contribution in [3.8, 4) is 0 Å². The number of anilines is 1. The van der Waals surface area contributed by atoms with E-state index in [2.05, 4.69) is 30.4 Å². The Morgan fingerprint density at radius 1 is 1.32 bits per heavy atom. The number of fused-ring (bicyclic) bond motifs is 4. The fourth-order valence-electron chi connectivity index (χ4n) is 3.22. The lowest BCUT2D eigenvalue weighted by Gasteiger charge is -2.45. The first-order valence-electron chi connectivity index (χ1n) is 6.65. The maximum absolute atomic E-state index is 5.96. The number of nitrogens with one attached hydrogen (secondary N) is 2. The molecule has 3 aliphatic rings. The van der Waals surface area contributed by atoms with E-state index in [-0.39, 0.29) is 5.28 Å². The zero-order valence-corrected chi connectivity index (χ0v) is 11.2. The minimum absolute atomic E-state index is 0.250. The third-order valence-electron chi connectivity index (χ3n) is 4.26. The number of aromatic nitrogens is 4. The summed E-state index contributed by atoms with van der Waals surface area (Å²) in [6.07, 6.45) is 4.28. The lowest BCUT2D eigenvalue weighted by Crippen LogP contribution is -2.53. The molecule has 0 amide bonds. The van der Waals surface area contributed by atoms with E-state index in [4.69, 9.17) is 11.6 Å². The van der Waals surface area contributed by atoms with Gasteiger partial charge in [0, 0.05) is 12.6 Å². The number of H-pyrrole nitrogens is 1. The van der Waals surface area contributed by atoms with Crippen molar-refractivity contribution in [2.45, 2.75) is 18.9 Å². The molecular weight excluding hydrogens is 264 g/mol. The Kier molecular flexibility index (Phi) is 2.60. The molecule has 3 aliphatic heterocycles. The highest BCUT2D eigenvalue weighted by Gasteiger charge is 2.34. The summed E-state index contributed by atoms with van der Waals surface area (Å²) in [7, 11) is 0. The van der Waals surface area contributed by atoms with Crippen LogP contribution in [0.5, 0.6) is 0 Å². The Morgan fingerprint density at radius 3 is 2.89 bits per heavy atom. The summed E-state index contributed by atoms with van der Waals surface area (Å²) in [5, 5.41) is 11.5. The Morgan fingerprint density at radius 2 is 2.16 bits per heavy atom. The SMILES string of the molecule is Clc1nc(NC2CN3CCC2CC3)c2cn[nH]c2n1. The molecule has 2 aromatic heterocycles. The molecule has 3 saturated heterocycles. The fourth-order valence-corrected chi connectivity index (χ4v) is 3.39. The Hall–Kier alpha value is -1.40. The van der Waals surface area contributed by atoms with Gasteiger partial charge in [0.1, 0.15) is 5.82 Å². The van der Waals surface area contributed by atoms with Crippen molar-refractivity contribution in [3.63, 3.8) is 0 Å². The van der Waals surface area contributed by atoms with Crippen LogP contribution in [0.15, 0.2) is 6.20 Å². The molecule has 5 rings (SSSR count). The molecule has 0 radical (unpaired) electrons. The van der Waals surface area contributed by atoms with Crippen molar-refractivity contribution in [1.29, 1.82) is 0 Å². The van der Waals surface area contributed by atoms with Crippen molar-refractivity contribution in [2.24, 2.45) is 5.92 Å². The van der Waals surface area contributed by atoms with Crippen molar-refractivity contribution in [2.75, 3.05) is 25.0 Å². The molecule has 100 valence electrons. The summed E-state index contributed by atoms with van der Waals surface area (Å²) in [6, 6.07) is 0.451. The van der Waals surface area contributed by atoms with Crippen LogP contribution in [-0.4, -0.2) is 50.7 Å². The van der Waals surface area contributed by atoms with Gasteiger partial charge in [0.15, 0.2) is 5.65 Å². The molecule has 2 N–H and O–H groups in total. The second-order valence-electron chi connectivity index (χ2n) is 5.36. The van der Waals surface area contributed by atoms with Crippen LogP contribution in [0.1, 0.15) is 12.8 Å². The van der Waals surface area contributed by atoms with Crippen LogP contribution in [0.4, 0.5) is 5.82 Å². The summed E-state index contributed by atoms with van der Waals surface area (Å²) >= 11 is 5.96. The van der Waals surface area contributed by atoms with Gasteiger partial charge in [-0.3, -0.25) is 5.10 Å². The molecule has 0 aliphatic carbocycles. The minimum Gasteiger partial charge on any atom is -0.365 e. The highest BCUT2D eigenvalue weighted by atomic mass is 35.5. The quantitative estimate of drug-likeness (QED) is 0.815. The van der Waals surface area contributed by atoms with Gasteiger partial charge in [0.05, 0.1) is 11.6 Å². The van der Waals surface area contributed by atoms with E-state index in [0.717, 1.165) is 23.7 Å². The smallest absolute Gasteiger partial charge is 0.226 e. The van der Waals surface area contributed by atoms with E-state index in [9.17, 15) is 0 Å². The predicted octanol–water partition coefficient (Wildman–Crippen LogP) is 1.51. The molecule has 1 unspecified atom stereocenters. The van der Waals surface area contributed by atoms with Crippen LogP contribution in [0.2, 0.25) is 5.28 Å². The summed E-state index contributed by atoms with van der Waals surface area (Å²) < 4.78 is 0. The fraction of sp³-hybridized carbons (Fsp3) is 0.583. The van der Waals surface area contributed by atoms with Gasteiger partial charge in [-0.15, -0.1) is 0 Å². The largest absolute Gasteiger partial charge is 0.365 e. The van der Waals surface area contributed by atoms with Crippen molar-refractivity contribution in [3.05, 3.63) is 11.5 Å². The highest BCUT2D eigenvalue weighted by molar-refractivity contribution is 6.28. The third-order valence-corrected chi connectivity index (χ3v) is 4.43. The molecule has 0 aromatic carbocycles. The van der Waals surface area contributed by atoms with E-state index < -0.39 is 0 Å². The molecule has 5 heterocycles. The molecule has 0 saturated carbocycles. The van der Waals surface area contributed by atoms with Gasteiger partial charge in [-0.25, -0.2) is 0 Å². The van der Waals surface area contributed by atoms with Gasteiger partial charge in [-0.05, 0) is 43.5 Å². The second-order valence-corrected chi connectivity index (χ2v) is 5.70. The number of nitrogens with zero attached hydrogens (tertiary/aromatic N) is 4. The Bertz CT molecular complexity index is 603. The lowest BCUT2D eigenvalue weighted by atomic mass is 9.84. The van der Waals surface area contributed by atoms with Gasteiger partial charge in [0.2, 0.25) is 5.28 Å². The molecule has 6 nitrogen and oxygen atoms in total. The molecular formula is C12H15ClN6. The van der Waals surface area contributed by atoms with Gasteiger partial charge < -0.3 is 10.2 Å². The number of rotatable bonds is 2. The van der Waals surface area contributed by atoms with E-state index in [1.54, 1.807) is 6.20 Å². The van der Waals surface area contributed by atoms with Gasteiger partial charge in [-0.1, -0.05) is 0 Å². The molecule has 3 fully saturated rings. The van der Waals surface area contributed by atoms with E-state index >= 15 is 0 Å². The summed E-state index contributed by atoms with van der Waals surface area (Å²) in [5.74, 6) is 1.53. The van der Waals surface area contributed by atoms with Gasteiger partial charge in [0.25, 0.3) is 0 Å². The minimum atomic E-state index is 0.250. The van der Waals surface area contributed by atoms with Crippen molar-refractivity contribution < 1.29 is 0 Å². The maximum atomic E-state index is 5.96. The maximum Gasteiger partial charge on any atom is 0.226 e. The molecule has 19 heavy (non-hydrogen) atoms. The summed E-state index contributed by atoms with van der Waals surface area (Å²) in [4.78, 5) is 10.9. The lowest BCUT2D eigenvalue weighted by molar-refractivity contribution is 0.0974. The molecule has 0 spiro atoms. The normalized spacial score (nSPS) is 29.8. The first-order valence-corrected chi connectivity index (χ1v) is 7.03. The average Bonchev–Trinajstić information content (AvgIpc) is 2.88. The van der Waals surface area contributed by atoms with Crippen LogP contribution >= 0.6 is 11.6 Å². The molecule has 1 atom stereocenters. The highest BCUT2D eigenvalue weighted by Crippen LogP contribution is 2.31. The number of hydrogen-bond acceptors (Lipinski definition) is 5. The van der Waals surface area contributed by atoms with Crippen molar-refractivity contribution >= 4 is 28.5 Å². The molecule has 7 heteroatoms. The van der Waals surface area contributed by atoms with Crippen LogP contribution in [0, 0.1) is 5.92 Å². The summed E-state index contributed by atoms with van der Waals surface area (Å²) in [6.45, 7) is 3.55. The molecule has 2 aromatic rings. The predicted molar refractivity (Wildman–Crippen MR) is 73.3 cm³/mol. The van der Waals surface area contributed by atoms with Crippen molar-refractivity contribution in [1.82, 2.24) is 25.1 Å². The third kappa shape index (κ3) is 1.95. The topological polar surface area (TPSA) is 69.7 Å². The Labute approximate surface area is 115 Å². The number of hydrogen-bond donors (Lipinski definition) is 2. The number of aromatic amines is 1. The number of piperidine rings is 3. The average molecular weight is 279 g/mol. The van der Waals surface area contributed by atoms with E-state index in [0.29, 0.717) is 11.7 Å². The monoisotopic (exact) mass is 278 g/mol. The van der Waals surface area contributed by atoms with Gasteiger partial charge >= 0.3 is 0 Å². The number of halogens is 1. The Balaban J connectivity index is 1.66. The van der Waals surface area contributed by atoms with Crippen LogP contribution in [0.3, 0.4) is 0 Å². The van der Waals surface area contributed by atoms with E-state index in [1.165, 1.54) is 25.9 Å². The van der Waals surface area contributed by atoms with Crippen LogP contribution in [-0.2, 0) is 0 Å². The summed E-state index contributed by atoms with van der Waals surface area (Å²) in [5.41, 5.74) is 0.684.